The van der Waals surface area contributed by atoms with Crippen molar-refractivity contribution in [3.8, 4) is 11.5 Å². The fourth-order valence-corrected chi connectivity index (χ4v) is 3.42. The van der Waals surface area contributed by atoms with Crippen LogP contribution in [0.2, 0.25) is 0 Å². The first kappa shape index (κ1) is 24.2. The molecule has 2 aromatic carbocycles. The highest BCUT2D eigenvalue weighted by Crippen LogP contribution is 2.32. The number of fused-ring (bicyclic) bond motifs is 1. The first-order valence-electron chi connectivity index (χ1n) is 9.48. The van der Waals surface area contributed by atoms with Gasteiger partial charge in [-0.25, -0.2) is 13.6 Å². The Bertz CT molecular complexity index is 965. The zero-order valence-electron chi connectivity index (χ0n) is 16.8. The summed E-state index contributed by atoms with van der Waals surface area (Å²) in [5, 5.41) is 11.7. The summed E-state index contributed by atoms with van der Waals surface area (Å²) in [6, 6.07) is 12.5. The van der Waals surface area contributed by atoms with Gasteiger partial charge in [-0.1, -0.05) is 18.2 Å². The van der Waals surface area contributed by atoms with E-state index in [9.17, 15) is 8.42 Å². The van der Waals surface area contributed by atoms with Gasteiger partial charge in [0.1, 0.15) is 0 Å². The van der Waals surface area contributed by atoms with E-state index in [0.29, 0.717) is 13.0 Å². The molecule has 3 rings (SSSR count). The van der Waals surface area contributed by atoms with Crippen molar-refractivity contribution < 1.29 is 17.9 Å². The molecular weight excluding hydrogens is 519 g/mol. The van der Waals surface area contributed by atoms with Crippen LogP contribution in [0, 0.1) is 0 Å². The molecule has 1 heterocycles. The summed E-state index contributed by atoms with van der Waals surface area (Å²) < 4.78 is 33.3. The molecule has 0 amide bonds. The summed E-state index contributed by atoms with van der Waals surface area (Å²) in [4.78, 5) is 4.69. The Kier molecular flexibility index (Phi) is 9.18. The molecule has 0 radical (unpaired) electrons. The quantitative estimate of drug-likeness (QED) is 0.265. The zero-order valence-corrected chi connectivity index (χ0v) is 19.9. The summed E-state index contributed by atoms with van der Waals surface area (Å²) in [5.74, 6) is 2.32. The molecule has 0 aromatic heterocycles. The van der Waals surface area contributed by atoms with E-state index in [0.717, 1.165) is 48.1 Å². The number of primary sulfonamides is 1. The minimum Gasteiger partial charge on any atom is -0.454 e. The van der Waals surface area contributed by atoms with Crippen LogP contribution in [0.4, 0.5) is 0 Å². The largest absolute Gasteiger partial charge is 0.454 e. The lowest BCUT2D eigenvalue weighted by Gasteiger charge is -2.11. The first-order valence-corrected chi connectivity index (χ1v) is 11.0. The summed E-state index contributed by atoms with van der Waals surface area (Å²) in [6.07, 6.45) is 1.53. The van der Waals surface area contributed by atoms with Gasteiger partial charge < -0.3 is 20.1 Å². The van der Waals surface area contributed by atoms with Crippen LogP contribution in [-0.4, -0.2) is 40.8 Å². The highest BCUT2D eigenvalue weighted by atomic mass is 127. The predicted molar refractivity (Wildman–Crippen MR) is 127 cm³/mol. The smallest absolute Gasteiger partial charge is 0.238 e. The number of hydrogen-bond donors (Lipinski definition) is 3. The second-order valence-corrected chi connectivity index (χ2v) is 8.13. The molecule has 0 saturated heterocycles. The summed E-state index contributed by atoms with van der Waals surface area (Å²) >= 11 is 0. The Morgan fingerprint density at radius 2 is 1.73 bits per heavy atom. The van der Waals surface area contributed by atoms with Crippen LogP contribution in [0.5, 0.6) is 11.5 Å². The Hall–Kier alpha value is -2.05. The number of nitrogens with two attached hydrogens (primary N) is 1. The number of benzene rings is 2. The van der Waals surface area contributed by atoms with Crippen LogP contribution in [0.15, 0.2) is 52.4 Å². The summed E-state index contributed by atoms with van der Waals surface area (Å²) in [7, 11) is -3.66. The van der Waals surface area contributed by atoms with Crippen LogP contribution < -0.4 is 25.2 Å². The Morgan fingerprint density at radius 1 is 1.03 bits per heavy atom. The molecule has 0 saturated carbocycles. The molecule has 4 N–H and O–H groups in total. The van der Waals surface area contributed by atoms with Crippen molar-refractivity contribution in [3.63, 3.8) is 0 Å². The Morgan fingerprint density at radius 3 is 2.43 bits per heavy atom. The molecule has 164 valence electrons. The molecule has 2 aromatic rings. The molecule has 10 heteroatoms. The second-order valence-electron chi connectivity index (χ2n) is 6.56. The van der Waals surface area contributed by atoms with Crippen LogP contribution in [0.1, 0.15) is 18.1 Å². The maximum Gasteiger partial charge on any atom is 0.238 e. The molecule has 1 aliphatic rings. The van der Waals surface area contributed by atoms with Crippen molar-refractivity contribution in [1.29, 1.82) is 0 Å². The molecular formula is C20H27IN4O4S. The average molecular weight is 546 g/mol. The molecule has 0 spiro atoms. The highest BCUT2D eigenvalue weighted by molar-refractivity contribution is 14.0. The number of guanidine groups is 1. The lowest BCUT2D eigenvalue weighted by Crippen LogP contribution is -2.38. The normalized spacial score (nSPS) is 12.9. The van der Waals surface area contributed by atoms with Crippen LogP contribution in [0.25, 0.3) is 0 Å². The third-order valence-electron chi connectivity index (χ3n) is 4.41. The molecule has 0 unspecified atom stereocenters. The van der Waals surface area contributed by atoms with E-state index in [1.807, 2.05) is 25.1 Å². The van der Waals surface area contributed by atoms with Crippen molar-refractivity contribution in [2.45, 2.75) is 24.7 Å². The van der Waals surface area contributed by atoms with Gasteiger partial charge in [0.05, 0.1) is 4.90 Å². The van der Waals surface area contributed by atoms with E-state index < -0.39 is 10.0 Å². The fourth-order valence-electron chi connectivity index (χ4n) is 2.91. The topological polar surface area (TPSA) is 115 Å². The van der Waals surface area contributed by atoms with Gasteiger partial charge in [-0.3, -0.25) is 4.99 Å². The SMILES string of the molecule is CCNC(=NCCc1ccc(S(N)(=O)=O)cc1)NCCc1ccc2c(c1)OCO2.I. The van der Waals surface area contributed by atoms with Crippen LogP contribution in [-0.2, 0) is 22.9 Å². The molecule has 0 fully saturated rings. The average Bonchev–Trinajstić information content (AvgIpc) is 3.15. The molecule has 0 atom stereocenters. The number of ether oxygens (including phenoxy) is 2. The van der Waals surface area contributed by atoms with Gasteiger partial charge in [0.25, 0.3) is 0 Å². The zero-order chi connectivity index (χ0) is 20.7. The van der Waals surface area contributed by atoms with Crippen molar-refractivity contribution in [3.05, 3.63) is 53.6 Å². The lowest BCUT2D eigenvalue weighted by molar-refractivity contribution is 0.174. The number of hydrogen-bond acceptors (Lipinski definition) is 5. The summed E-state index contributed by atoms with van der Waals surface area (Å²) in [6.45, 7) is 4.36. The molecule has 0 aliphatic carbocycles. The summed E-state index contributed by atoms with van der Waals surface area (Å²) in [5.41, 5.74) is 2.16. The molecule has 0 bridgehead atoms. The molecule has 8 nitrogen and oxygen atoms in total. The Labute approximate surface area is 194 Å². The van der Waals surface area contributed by atoms with E-state index >= 15 is 0 Å². The number of sulfonamides is 1. The van der Waals surface area contributed by atoms with Gasteiger partial charge in [-0.15, -0.1) is 24.0 Å². The Balaban J connectivity index is 0.00000320. The van der Waals surface area contributed by atoms with Crippen molar-refractivity contribution in [2.75, 3.05) is 26.4 Å². The van der Waals surface area contributed by atoms with Gasteiger partial charge in [0, 0.05) is 19.6 Å². The number of nitrogens with zero attached hydrogens (tertiary/aromatic N) is 1. The highest BCUT2D eigenvalue weighted by Gasteiger charge is 2.13. The van der Waals surface area contributed by atoms with E-state index in [4.69, 9.17) is 14.6 Å². The van der Waals surface area contributed by atoms with Crippen molar-refractivity contribution >= 4 is 40.0 Å². The van der Waals surface area contributed by atoms with Crippen LogP contribution >= 0.6 is 24.0 Å². The van der Waals surface area contributed by atoms with Crippen molar-refractivity contribution in [1.82, 2.24) is 10.6 Å². The van der Waals surface area contributed by atoms with E-state index in [1.165, 1.54) is 12.1 Å². The number of rotatable bonds is 8. The minimum absolute atomic E-state index is 0. The van der Waals surface area contributed by atoms with Gasteiger partial charge in [-0.2, -0.15) is 0 Å². The van der Waals surface area contributed by atoms with Gasteiger partial charge in [0.15, 0.2) is 17.5 Å². The van der Waals surface area contributed by atoms with E-state index in [2.05, 4.69) is 15.6 Å². The van der Waals surface area contributed by atoms with Gasteiger partial charge in [0.2, 0.25) is 16.8 Å². The fraction of sp³-hybridized carbons (Fsp3) is 0.350. The number of halogens is 1. The van der Waals surface area contributed by atoms with Crippen molar-refractivity contribution in [2.24, 2.45) is 10.1 Å². The van der Waals surface area contributed by atoms with E-state index in [1.54, 1.807) is 12.1 Å². The number of aliphatic imine (C=N–C) groups is 1. The third-order valence-corrected chi connectivity index (χ3v) is 5.34. The van der Waals surface area contributed by atoms with E-state index in [-0.39, 0.29) is 35.7 Å². The standard InChI is InChI=1S/C20H26N4O4S.HI/c1-2-22-20(23-11-9-15-3-6-17(7-4-15)29(21,25)26)24-12-10-16-5-8-18-19(13-16)28-14-27-18;/h3-8,13H,2,9-12,14H2,1H3,(H2,21,25,26)(H2,22,23,24);1H. The monoisotopic (exact) mass is 546 g/mol. The lowest BCUT2D eigenvalue weighted by atomic mass is 10.1. The maximum absolute atomic E-state index is 11.3. The van der Waals surface area contributed by atoms with Crippen LogP contribution in [0.3, 0.4) is 0 Å². The second kappa shape index (κ2) is 11.4. The maximum atomic E-state index is 11.3. The van der Waals surface area contributed by atoms with Gasteiger partial charge in [-0.05, 0) is 55.2 Å². The number of nitrogens with one attached hydrogen (secondary N) is 2. The first-order chi connectivity index (χ1) is 14.0. The minimum atomic E-state index is -3.66. The van der Waals surface area contributed by atoms with Gasteiger partial charge >= 0.3 is 0 Å². The molecule has 30 heavy (non-hydrogen) atoms. The molecule has 1 aliphatic heterocycles. The predicted octanol–water partition coefficient (Wildman–Crippen LogP) is 2.02. The third kappa shape index (κ3) is 7.03.